The van der Waals surface area contributed by atoms with E-state index >= 15 is 0 Å². The Morgan fingerprint density at radius 1 is 0.690 bits per heavy atom. The molecule has 0 fully saturated rings. The molecule has 4 rings (SSSR count). The van der Waals surface area contributed by atoms with Gasteiger partial charge >= 0.3 is 11.4 Å². The van der Waals surface area contributed by atoms with Gasteiger partial charge in [0.1, 0.15) is 17.1 Å². The van der Waals surface area contributed by atoms with Gasteiger partial charge < -0.3 is 0 Å². The molecule has 0 atom stereocenters. The molecule has 1 aliphatic rings. The highest BCUT2D eigenvalue weighted by Crippen LogP contribution is 2.31. The molecule has 42 heavy (non-hydrogen) atoms. The average molecular weight is 577 g/mol. The van der Waals surface area contributed by atoms with Crippen LogP contribution in [0.5, 0.6) is 0 Å². The van der Waals surface area contributed by atoms with Gasteiger partial charge in [0.15, 0.2) is 0 Å². The summed E-state index contributed by atoms with van der Waals surface area (Å²) in [5.74, 6) is 0. The number of hydrogen-bond acceptors (Lipinski definition) is 12. The third-order valence-electron chi connectivity index (χ3n) is 6.61. The van der Waals surface area contributed by atoms with Crippen LogP contribution in [0.15, 0.2) is 64.8 Å². The number of nitro groups is 4. The summed E-state index contributed by atoms with van der Waals surface area (Å²) in [5.41, 5.74) is 6.48. The molecule has 3 aromatic carbocycles. The molecule has 0 radical (unpaired) electrons. The Hall–Kier alpha value is -5.80. The van der Waals surface area contributed by atoms with Gasteiger partial charge in [0.2, 0.25) is 0 Å². The maximum Gasteiger partial charge on any atom is 0.301 e. The van der Waals surface area contributed by atoms with E-state index in [1.54, 1.807) is 6.92 Å². The normalized spacial score (nSPS) is 13.2. The minimum atomic E-state index is -0.774. The zero-order valence-corrected chi connectivity index (χ0v) is 22.2. The van der Waals surface area contributed by atoms with Crippen molar-refractivity contribution in [2.24, 2.45) is 10.2 Å². The van der Waals surface area contributed by atoms with Crippen LogP contribution in [-0.2, 0) is 12.8 Å². The van der Waals surface area contributed by atoms with Gasteiger partial charge in [-0.25, -0.2) is 0 Å². The number of fused-ring (bicyclic) bond motifs is 1. The van der Waals surface area contributed by atoms with E-state index in [1.807, 2.05) is 18.2 Å². The molecule has 0 aliphatic heterocycles. The second-order valence-electron chi connectivity index (χ2n) is 9.22. The molecule has 16 heteroatoms. The van der Waals surface area contributed by atoms with Crippen molar-refractivity contribution >= 4 is 45.5 Å². The first-order valence-electron chi connectivity index (χ1n) is 12.7. The molecule has 2 N–H and O–H groups in total. The van der Waals surface area contributed by atoms with Gasteiger partial charge in [-0.2, -0.15) is 10.2 Å². The summed E-state index contributed by atoms with van der Waals surface area (Å²) in [4.78, 5) is 42.4. The van der Waals surface area contributed by atoms with Crippen LogP contribution >= 0.6 is 0 Å². The van der Waals surface area contributed by atoms with Crippen LogP contribution in [0, 0.1) is 40.5 Å². The topological polar surface area (TPSA) is 221 Å². The van der Waals surface area contributed by atoms with Gasteiger partial charge in [-0.3, -0.25) is 51.3 Å². The van der Waals surface area contributed by atoms with E-state index < -0.39 is 42.4 Å². The third-order valence-corrected chi connectivity index (χ3v) is 6.61. The Morgan fingerprint density at radius 3 is 1.71 bits per heavy atom. The Morgan fingerprint density at radius 2 is 1.21 bits per heavy atom. The monoisotopic (exact) mass is 576 g/mol. The molecule has 1 aliphatic carbocycles. The molecule has 3 aromatic rings. The highest BCUT2D eigenvalue weighted by Gasteiger charge is 2.22. The quantitative estimate of drug-likeness (QED) is 0.156. The summed E-state index contributed by atoms with van der Waals surface area (Å²) in [6, 6.07) is 11.9. The van der Waals surface area contributed by atoms with Crippen molar-refractivity contribution in [1.82, 2.24) is 0 Å². The summed E-state index contributed by atoms with van der Waals surface area (Å²) >= 11 is 0. The number of rotatable bonds is 11. The smallest absolute Gasteiger partial charge is 0.271 e. The van der Waals surface area contributed by atoms with Crippen molar-refractivity contribution in [1.29, 1.82) is 0 Å². The van der Waals surface area contributed by atoms with Gasteiger partial charge in [-0.1, -0.05) is 19.1 Å². The first-order valence-corrected chi connectivity index (χ1v) is 12.7. The lowest BCUT2D eigenvalue weighted by molar-refractivity contribution is -0.393. The number of aryl methyl sites for hydroxylation is 2. The maximum absolute atomic E-state index is 11.6. The van der Waals surface area contributed by atoms with Crippen molar-refractivity contribution in [3.05, 3.63) is 112 Å². The fourth-order valence-electron chi connectivity index (χ4n) is 4.48. The summed E-state index contributed by atoms with van der Waals surface area (Å²) < 4.78 is 0. The molecular weight excluding hydrogens is 552 g/mol. The molecule has 16 nitrogen and oxygen atoms in total. The molecule has 0 unspecified atom stereocenters. The summed E-state index contributed by atoms with van der Waals surface area (Å²) in [5, 5.41) is 54.2. The van der Waals surface area contributed by atoms with Crippen LogP contribution in [0.1, 0.15) is 42.9 Å². The van der Waals surface area contributed by atoms with Gasteiger partial charge in [-0.15, -0.1) is 0 Å². The van der Waals surface area contributed by atoms with E-state index in [-0.39, 0.29) is 23.5 Å². The molecule has 0 amide bonds. The summed E-state index contributed by atoms with van der Waals surface area (Å²) in [6.45, 7) is 1.76. The number of nitro benzene ring substituents is 4. The number of hydrogen-bond donors (Lipinski definition) is 2. The van der Waals surface area contributed by atoms with Crippen LogP contribution in [0.3, 0.4) is 0 Å². The second kappa shape index (κ2) is 12.6. The van der Waals surface area contributed by atoms with Gasteiger partial charge in [-0.05, 0) is 61.4 Å². The van der Waals surface area contributed by atoms with Crippen molar-refractivity contribution in [3.63, 3.8) is 0 Å². The van der Waals surface area contributed by atoms with Crippen molar-refractivity contribution in [3.8, 4) is 0 Å². The SMILES string of the molecule is CCC(=N\Nc1ccc([N+](=O)[O-])cc1[N+](=O)[O-])/C(=N\Nc1ccc([N+](=O)[O-])cc1[N+](=O)[O-])c1ccc2c(c1)CCCC2. The van der Waals surface area contributed by atoms with Crippen molar-refractivity contribution < 1.29 is 19.7 Å². The lowest BCUT2D eigenvalue weighted by atomic mass is 9.89. The largest absolute Gasteiger partial charge is 0.301 e. The lowest BCUT2D eigenvalue weighted by Gasteiger charge is -2.18. The second-order valence-corrected chi connectivity index (χ2v) is 9.22. The molecule has 0 aromatic heterocycles. The number of benzene rings is 3. The number of non-ortho nitro benzene ring substituents is 2. The third kappa shape index (κ3) is 6.49. The highest BCUT2D eigenvalue weighted by atomic mass is 16.6. The minimum absolute atomic E-state index is 0.0969. The van der Waals surface area contributed by atoms with E-state index in [0.29, 0.717) is 11.3 Å². The Bertz CT molecular complexity index is 1650. The minimum Gasteiger partial charge on any atom is -0.271 e. The molecule has 0 bridgehead atoms. The molecule has 0 heterocycles. The van der Waals surface area contributed by atoms with E-state index in [2.05, 4.69) is 21.1 Å². The standard InChI is InChI=1S/C26H24N8O8/c1-2-21(27-28-22-11-9-19(31(35)36)14-24(22)33(39)40)26(18-8-7-16-5-3-4-6-17(16)13-18)30-29-23-12-10-20(32(37)38)15-25(23)34(41)42/h7-15,28-29H,2-6H2,1H3/b27-21+,30-26-. The van der Waals surface area contributed by atoms with Crippen LogP contribution in [0.4, 0.5) is 34.1 Å². The summed E-state index contributed by atoms with van der Waals surface area (Å²) in [6.07, 6.45) is 4.11. The Kier molecular flexibility index (Phi) is 8.75. The average Bonchev–Trinajstić information content (AvgIpc) is 2.98. The van der Waals surface area contributed by atoms with Crippen molar-refractivity contribution in [2.45, 2.75) is 39.0 Å². The Balaban J connectivity index is 1.78. The van der Waals surface area contributed by atoms with Gasteiger partial charge in [0.25, 0.3) is 11.4 Å². The molecule has 0 spiro atoms. The zero-order chi connectivity index (χ0) is 30.4. The molecule has 216 valence electrons. The van der Waals surface area contributed by atoms with Crippen LogP contribution in [-0.4, -0.2) is 31.1 Å². The van der Waals surface area contributed by atoms with E-state index in [1.165, 1.54) is 17.7 Å². The van der Waals surface area contributed by atoms with Crippen LogP contribution in [0.25, 0.3) is 0 Å². The first kappa shape index (κ1) is 29.2. The van der Waals surface area contributed by atoms with E-state index in [4.69, 9.17) is 0 Å². The number of nitrogens with one attached hydrogen (secondary N) is 2. The predicted octanol–water partition coefficient (Wildman–Crippen LogP) is 5.89. The van der Waals surface area contributed by atoms with Gasteiger partial charge in [0.05, 0.1) is 37.5 Å². The maximum atomic E-state index is 11.6. The number of anilines is 2. The molecular formula is C26H24N8O8. The molecule has 0 saturated carbocycles. The van der Waals surface area contributed by atoms with Crippen LogP contribution < -0.4 is 10.9 Å². The zero-order valence-electron chi connectivity index (χ0n) is 22.2. The van der Waals surface area contributed by atoms with Gasteiger partial charge in [0, 0.05) is 17.7 Å². The lowest BCUT2D eigenvalue weighted by Crippen LogP contribution is -2.19. The van der Waals surface area contributed by atoms with Crippen molar-refractivity contribution in [2.75, 3.05) is 10.9 Å². The highest BCUT2D eigenvalue weighted by molar-refractivity contribution is 6.48. The first-order chi connectivity index (χ1) is 20.1. The van der Waals surface area contributed by atoms with E-state index in [9.17, 15) is 40.5 Å². The number of hydrazone groups is 2. The summed E-state index contributed by atoms with van der Waals surface area (Å²) in [7, 11) is 0. The fraction of sp³-hybridized carbons (Fsp3) is 0.231. The Labute approximate surface area is 237 Å². The van der Waals surface area contributed by atoms with E-state index in [0.717, 1.165) is 55.5 Å². The van der Waals surface area contributed by atoms with Crippen LogP contribution in [0.2, 0.25) is 0 Å². The number of nitrogens with zero attached hydrogens (tertiary/aromatic N) is 6. The fourth-order valence-corrected chi connectivity index (χ4v) is 4.48. The molecule has 0 saturated heterocycles. The predicted molar refractivity (Wildman–Crippen MR) is 154 cm³/mol.